The zero-order valence-electron chi connectivity index (χ0n) is 59.2. The highest BCUT2D eigenvalue weighted by Gasteiger charge is 2.48. The fourth-order valence-corrected chi connectivity index (χ4v) is 15.4. The first-order valence-corrected chi connectivity index (χ1v) is 42.3. The number of aliphatic hydroxyl groups excluding tert-OH is 1. The number of hydrogen-bond donors (Lipinski definition) is 5. The van der Waals surface area contributed by atoms with Gasteiger partial charge in [0.05, 0.1) is 55.9 Å². The Morgan fingerprint density at radius 1 is 0.626 bits per heavy atom. The summed E-state index contributed by atoms with van der Waals surface area (Å²) in [6.07, 6.45) is 27.2. The van der Waals surface area contributed by atoms with Gasteiger partial charge in [0.2, 0.25) is 8.32 Å². The summed E-state index contributed by atoms with van der Waals surface area (Å²) in [4.78, 5) is 33.7. The quantitative estimate of drug-likeness (QED) is 0.0101. The first-order valence-electron chi connectivity index (χ1n) is 33.8. The normalized spacial score (nSPS) is 15.1. The fraction of sp³-hybridized carbons (Fsp3) is 0.871. The Morgan fingerprint density at radius 3 is 1.30 bits per heavy atom. The number of aliphatic carboxylic acids is 2. The molecular formula is C70H144ClF3N2O19S3Si. The first kappa shape index (κ1) is 112. The first-order chi connectivity index (χ1) is 43.7. The smallest absolute Gasteiger partial charge is 0.481 e. The predicted octanol–water partition coefficient (Wildman–Crippen LogP) is 18.9. The van der Waals surface area contributed by atoms with E-state index < -0.39 is 80.3 Å². The third-order valence-electron chi connectivity index (χ3n) is 15.4. The summed E-state index contributed by atoms with van der Waals surface area (Å²) in [5, 5.41) is 26.9. The number of carbonyl (C=O) groups excluding carboxylic acids is 1. The maximum absolute atomic E-state index is 12.8. The molecule has 1 aromatic rings. The maximum Gasteiger partial charge on any atom is 0.511 e. The summed E-state index contributed by atoms with van der Waals surface area (Å²) in [6.45, 7) is 21.4. The number of nitrogens with one attached hydrogen (secondary N) is 1. The van der Waals surface area contributed by atoms with E-state index in [-0.39, 0.29) is 98.2 Å². The molecule has 1 heterocycles. The molecule has 0 saturated carbocycles. The molecule has 0 amide bonds. The molecule has 29 heteroatoms. The van der Waals surface area contributed by atoms with Crippen molar-refractivity contribution in [2.24, 2.45) is 11.8 Å². The number of carboxylic acid groups (broad SMARTS) is 2. The third-order valence-corrected chi connectivity index (χ3v) is 20.4. The van der Waals surface area contributed by atoms with E-state index in [0.29, 0.717) is 25.8 Å². The van der Waals surface area contributed by atoms with Crippen LogP contribution in [0.5, 0.6) is 0 Å². The van der Waals surface area contributed by atoms with Gasteiger partial charge in [0.15, 0.2) is 0 Å². The van der Waals surface area contributed by atoms with Crippen molar-refractivity contribution in [3.05, 3.63) is 35.9 Å². The molecule has 1 aromatic carbocycles. The lowest BCUT2D eigenvalue weighted by molar-refractivity contribution is -0.172. The molecule has 0 aliphatic carbocycles. The number of ether oxygens (including phenoxy) is 4. The number of benzene rings is 1. The molecule has 0 bridgehead atoms. The second kappa shape index (κ2) is 63.9. The number of esters is 1. The van der Waals surface area contributed by atoms with Crippen LogP contribution in [-0.4, -0.2) is 152 Å². The molecule has 8 atom stereocenters. The average molecular weight is 1530 g/mol. The van der Waals surface area contributed by atoms with E-state index in [4.69, 9.17) is 44.4 Å². The number of sulfonamides is 1. The van der Waals surface area contributed by atoms with Gasteiger partial charge in [-0.15, -0.1) is 0 Å². The number of hydrogen-bond acceptors (Lipinski definition) is 17. The lowest BCUT2D eigenvalue weighted by Crippen LogP contribution is -2.57. The van der Waals surface area contributed by atoms with Crippen LogP contribution in [0.3, 0.4) is 0 Å². The second-order valence-electron chi connectivity index (χ2n) is 25.8. The third kappa shape index (κ3) is 67.1. The molecule has 21 nitrogen and oxygen atoms in total. The zero-order chi connectivity index (χ0) is 72.6. The summed E-state index contributed by atoms with van der Waals surface area (Å²) < 4.78 is 144. The number of rotatable bonds is 49. The van der Waals surface area contributed by atoms with Crippen LogP contribution in [0.2, 0.25) is 19.6 Å². The molecule has 0 radical (unpaired) electrons. The summed E-state index contributed by atoms with van der Waals surface area (Å²) in [6, 6.07) is 9.16. The molecular weight excluding hydrogens is 1390 g/mol. The van der Waals surface area contributed by atoms with E-state index in [9.17, 15) is 57.9 Å². The summed E-state index contributed by atoms with van der Waals surface area (Å²) >= 11 is 0. The van der Waals surface area contributed by atoms with E-state index in [1.165, 1.54) is 116 Å². The van der Waals surface area contributed by atoms with Gasteiger partial charge in [-0.1, -0.05) is 251 Å². The monoisotopic (exact) mass is 1530 g/mol. The second-order valence-corrected chi connectivity index (χ2v) is 35.4. The Hall–Kier alpha value is -2.58. The maximum atomic E-state index is 12.8. The fourth-order valence-electron chi connectivity index (χ4n) is 9.96. The minimum absolute atomic E-state index is 0. The molecule has 1 fully saturated rings. The van der Waals surface area contributed by atoms with E-state index in [2.05, 4.69) is 28.8 Å². The van der Waals surface area contributed by atoms with E-state index in [1.54, 1.807) is 52.6 Å². The van der Waals surface area contributed by atoms with Gasteiger partial charge >= 0.3 is 53.2 Å². The number of unbranched alkanes of at least 4 members (excludes halogenated alkanes) is 18. The number of methoxy groups -OCH3 is 3. The van der Waals surface area contributed by atoms with Crippen molar-refractivity contribution in [2.75, 3.05) is 21.3 Å². The van der Waals surface area contributed by atoms with Crippen molar-refractivity contribution in [1.82, 2.24) is 9.62 Å². The van der Waals surface area contributed by atoms with Crippen molar-refractivity contribution in [2.45, 2.75) is 366 Å². The van der Waals surface area contributed by atoms with Crippen molar-refractivity contribution in [3.63, 3.8) is 0 Å². The number of aliphatic hydroxyl groups is 1. The van der Waals surface area contributed by atoms with Crippen LogP contribution in [0.15, 0.2) is 30.3 Å². The van der Waals surface area contributed by atoms with E-state index >= 15 is 0 Å². The summed E-state index contributed by atoms with van der Waals surface area (Å²) in [7, 11) is -6.19. The Kier molecular flexibility index (Phi) is 72.4. The van der Waals surface area contributed by atoms with Crippen molar-refractivity contribution < 1.29 is 99.7 Å². The van der Waals surface area contributed by atoms with Gasteiger partial charge in [-0.25, -0.2) is 12.6 Å². The van der Waals surface area contributed by atoms with Crippen LogP contribution < -0.4 is 4.72 Å². The SMILES string of the molecule is C.C.C.C.C.CC(C)[C@H](C)N(Cc1ccccc1)[C@@H](NS(=O)(=O)C(F)(F)F)C(C)C.CCCCCCCCCC(C[C@H](CC(=O)O)OS(=O)(=O)O)OC.CCCCCCCCCC(C[C@H](O)CC(=O)O)OC.CCCCCCCCCC(C[C@H]1CC(=O)O1)OC.C[Si](C)(C)OS(=O)(=O)Cl. The Bertz CT molecular complexity index is 2410. The summed E-state index contributed by atoms with van der Waals surface area (Å²) in [5.74, 6) is -2.42. The van der Waals surface area contributed by atoms with Crippen molar-refractivity contribution >= 4 is 66.7 Å². The zero-order valence-corrected chi connectivity index (χ0v) is 63.4. The van der Waals surface area contributed by atoms with Gasteiger partial charge in [-0.2, -0.15) is 34.7 Å². The van der Waals surface area contributed by atoms with Gasteiger partial charge < -0.3 is 38.1 Å². The number of halogens is 4. The number of carbonyl (C=O) groups is 3. The number of alkyl halides is 3. The van der Waals surface area contributed by atoms with E-state index in [1.807, 2.05) is 55.8 Å². The average Bonchev–Trinajstić information content (AvgIpc) is 0.805. The minimum Gasteiger partial charge on any atom is -0.481 e. The highest BCUT2D eigenvalue weighted by Crippen LogP contribution is 2.28. The van der Waals surface area contributed by atoms with Crippen LogP contribution in [0.25, 0.3) is 0 Å². The molecule has 3 unspecified atom stereocenters. The highest BCUT2D eigenvalue weighted by atomic mass is 35.7. The van der Waals surface area contributed by atoms with Crippen molar-refractivity contribution in [3.8, 4) is 0 Å². The standard InChI is InChI=1S/C17H27F3N2O2S.C15H30O7S.C15H30O4.C15H28O3.C3H9ClO3SSi.5CH4/c1-12(2)14(5)22(11-15-9-7-6-8-10-15)16(13(3)4)21-25(23,24)17(18,19)20;1-3-4-5-6-7-8-9-10-13(21-2)11-14(12-15(16)17)22-23(18,19)20;1-3-4-5-6-7-8-9-10-14(19-2)11-13(16)12-15(17)18;1-3-4-5-6-7-8-9-10-13(17-2)11-14-12-15(16)18-14;1-9(2,3)7-8(4,5)6;;;;;/h6-10,12-14,16,21H,11H2,1-5H3;13-14H,3-12H2,1-2H3,(H,16,17)(H,18,19,20);13-14,16H,3-12H2,1-2H3,(H,17,18);13-14H,3-12H2,1-2H3;1-3H3;5*1H4/t14-,16+;13?,14-;13-,14?;13?,14-;;;;;;/m0100....../s1. The molecule has 1 saturated heterocycles. The van der Waals surface area contributed by atoms with Gasteiger partial charge in [-0.3, -0.25) is 23.8 Å². The molecule has 1 aliphatic rings. The van der Waals surface area contributed by atoms with Gasteiger partial charge in [0.25, 0.3) is 0 Å². The number of carboxylic acids is 2. The van der Waals surface area contributed by atoms with Crippen LogP contribution in [-0.2, 0) is 77.7 Å². The Labute approximate surface area is 607 Å². The van der Waals surface area contributed by atoms with Crippen LogP contribution in [0.4, 0.5) is 13.2 Å². The van der Waals surface area contributed by atoms with E-state index in [0.717, 1.165) is 50.5 Å². The Balaban J connectivity index is -0.000000176. The van der Waals surface area contributed by atoms with Crippen LogP contribution >= 0.6 is 10.7 Å². The molecule has 99 heavy (non-hydrogen) atoms. The molecule has 0 spiro atoms. The van der Waals surface area contributed by atoms with Crippen LogP contribution in [0.1, 0.15) is 291 Å². The molecule has 1 aliphatic heterocycles. The van der Waals surface area contributed by atoms with Crippen molar-refractivity contribution in [1.29, 1.82) is 0 Å². The lowest BCUT2D eigenvalue weighted by Gasteiger charge is -2.40. The molecule has 0 aromatic heterocycles. The highest BCUT2D eigenvalue weighted by molar-refractivity contribution is 8.10. The molecule has 598 valence electrons. The predicted molar refractivity (Wildman–Crippen MR) is 401 cm³/mol. The largest absolute Gasteiger partial charge is 0.511 e. The Morgan fingerprint density at radius 2 is 1.00 bits per heavy atom. The molecule has 2 rings (SSSR count). The van der Waals surface area contributed by atoms with Gasteiger partial charge in [0, 0.05) is 63.9 Å². The lowest BCUT2D eigenvalue weighted by atomic mass is 10.00. The topological polar surface area (TPSA) is 305 Å². The van der Waals surface area contributed by atoms with Gasteiger partial charge in [0.1, 0.15) is 6.10 Å². The van der Waals surface area contributed by atoms with Gasteiger partial charge in [-0.05, 0) is 63.2 Å². The number of nitrogens with zero attached hydrogens (tertiary/aromatic N) is 1. The number of cyclic esters (lactones) is 1. The molecule has 5 N–H and O–H groups in total. The van der Waals surface area contributed by atoms with Crippen LogP contribution in [0, 0.1) is 11.8 Å². The minimum atomic E-state index is -5.43. The summed E-state index contributed by atoms with van der Waals surface area (Å²) in [5.41, 5.74) is -4.42.